The molecule has 27 heavy (non-hydrogen) atoms. The first-order valence-corrected chi connectivity index (χ1v) is 10.9. The molecular formula is C21H42N4O2. The molecule has 2 amide bonds. The van der Waals surface area contributed by atoms with Crippen LogP contribution in [0.5, 0.6) is 0 Å². The van der Waals surface area contributed by atoms with Gasteiger partial charge in [0.05, 0.1) is 6.54 Å². The third-order valence-corrected chi connectivity index (χ3v) is 5.86. The van der Waals surface area contributed by atoms with E-state index >= 15 is 0 Å². The summed E-state index contributed by atoms with van der Waals surface area (Å²) >= 11 is 0. The van der Waals surface area contributed by atoms with Crippen molar-refractivity contribution >= 4 is 11.8 Å². The lowest BCUT2D eigenvalue weighted by molar-refractivity contribution is -0.134. The zero-order valence-corrected chi connectivity index (χ0v) is 17.9. The highest BCUT2D eigenvalue weighted by Crippen LogP contribution is 2.14. The Labute approximate surface area is 167 Å². The minimum absolute atomic E-state index is 0. The molecule has 2 heterocycles. The summed E-state index contributed by atoms with van der Waals surface area (Å²) in [5.41, 5.74) is 0. The van der Waals surface area contributed by atoms with E-state index in [-0.39, 0.29) is 19.3 Å². The highest BCUT2D eigenvalue weighted by molar-refractivity contribution is 5.78. The molecule has 0 radical (unpaired) electrons. The zero-order chi connectivity index (χ0) is 19.8. The van der Waals surface area contributed by atoms with E-state index in [1.807, 2.05) is 4.90 Å². The fourth-order valence-electron chi connectivity index (χ4n) is 4.14. The zero-order valence-electron chi connectivity index (χ0n) is 17.9. The Bertz CT molecular complexity index is 481. The van der Waals surface area contributed by atoms with Gasteiger partial charge in [-0.3, -0.25) is 19.4 Å². The molecule has 0 saturated carbocycles. The number of carbonyl (C=O) groups excluding carboxylic acids is 2. The second-order valence-corrected chi connectivity index (χ2v) is 8.79. The first-order valence-electron chi connectivity index (χ1n) is 10.9. The molecule has 0 aromatic heterocycles. The van der Waals surface area contributed by atoms with Crippen LogP contribution in [0.25, 0.3) is 0 Å². The number of nitrogens with one attached hydrogen (secondary N) is 1. The molecule has 2 fully saturated rings. The fourth-order valence-corrected chi connectivity index (χ4v) is 4.14. The largest absolute Gasteiger partial charge is 0.352 e. The van der Waals surface area contributed by atoms with Gasteiger partial charge in [0.25, 0.3) is 0 Å². The van der Waals surface area contributed by atoms with E-state index in [0.717, 1.165) is 45.7 Å². The van der Waals surface area contributed by atoms with Crippen molar-refractivity contribution < 1.29 is 11.0 Å². The standard InChI is InChI=1S/C21H40N4O2.H2/c1-5-6-7-18(4)24-10-12-25(13-11-24)21(27)16-23-9-8-19(15-23)22-20(26)14-17(2)3;/h17-19H,5-16H2,1-4H3,(H,22,26);1H. The van der Waals surface area contributed by atoms with Gasteiger partial charge >= 0.3 is 0 Å². The summed E-state index contributed by atoms with van der Waals surface area (Å²) < 4.78 is 0. The number of piperazine rings is 1. The summed E-state index contributed by atoms with van der Waals surface area (Å²) in [5, 5.41) is 3.12. The van der Waals surface area contributed by atoms with Crippen LogP contribution in [-0.4, -0.2) is 84.4 Å². The fraction of sp³-hybridized carbons (Fsp3) is 0.905. The predicted octanol–water partition coefficient (Wildman–Crippen LogP) is 2.19. The van der Waals surface area contributed by atoms with E-state index in [2.05, 4.69) is 42.8 Å². The van der Waals surface area contributed by atoms with Crippen molar-refractivity contribution in [1.29, 1.82) is 0 Å². The summed E-state index contributed by atoms with van der Waals surface area (Å²) in [6.45, 7) is 14.5. The topological polar surface area (TPSA) is 55.9 Å². The molecule has 2 atom stereocenters. The molecule has 0 aromatic rings. The van der Waals surface area contributed by atoms with Gasteiger partial charge in [0.2, 0.25) is 11.8 Å². The van der Waals surface area contributed by atoms with Crippen molar-refractivity contribution in [1.82, 2.24) is 20.0 Å². The van der Waals surface area contributed by atoms with Gasteiger partial charge in [0, 0.05) is 59.2 Å². The third kappa shape index (κ3) is 7.41. The van der Waals surface area contributed by atoms with Gasteiger partial charge in [-0.05, 0) is 25.7 Å². The molecule has 6 nitrogen and oxygen atoms in total. The molecule has 0 bridgehead atoms. The number of unbranched alkanes of at least 4 members (excludes halogenated alkanes) is 1. The van der Waals surface area contributed by atoms with Crippen molar-refractivity contribution in [2.75, 3.05) is 45.8 Å². The predicted molar refractivity (Wildman–Crippen MR) is 112 cm³/mol. The summed E-state index contributed by atoms with van der Waals surface area (Å²) in [6.07, 6.45) is 5.31. The lowest BCUT2D eigenvalue weighted by atomic mass is 10.1. The van der Waals surface area contributed by atoms with E-state index in [4.69, 9.17) is 0 Å². The smallest absolute Gasteiger partial charge is 0.236 e. The Morgan fingerprint density at radius 2 is 1.81 bits per heavy atom. The van der Waals surface area contributed by atoms with Gasteiger partial charge in [0.1, 0.15) is 0 Å². The van der Waals surface area contributed by atoms with E-state index in [0.29, 0.717) is 24.9 Å². The van der Waals surface area contributed by atoms with Gasteiger partial charge in [-0.2, -0.15) is 0 Å². The average Bonchev–Trinajstić information content (AvgIpc) is 3.05. The molecular weight excluding hydrogens is 340 g/mol. The van der Waals surface area contributed by atoms with Gasteiger partial charge in [-0.25, -0.2) is 0 Å². The van der Waals surface area contributed by atoms with Gasteiger partial charge < -0.3 is 10.2 Å². The maximum atomic E-state index is 12.7. The molecule has 2 aliphatic rings. The van der Waals surface area contributed by atoms with Crippen LogP contribution in [0.4, 0.5) is 0 Å². The summed E-state index contributed by atoms with van der Waals surface area (Å²) in [7, 11) is 0. The molecule has 6 heteroatoms. The van der Waals surface area contributed by atoms with Crippen molar-refractivity contribution in [3.63, 3.8) is 0 Å². The molecule has 0 spiro atoms. The number of hydrogen-bond acceptors (Lipinski definition) is 4. The van der Waals surface area contributed by atoms with Crippen molar-refractivity contribution in [3.8, 4) is 0 Å². The molecule has 0 aliphatic carbocycles. The van der Waals surface area contributed by atoms with Crippen LogP contribution in [0, 0.1) is 5.92 Å². The lowest BCUT2D eigenvalue weighted by Gasteiger charge is -2.38. The Morgan fingerprint density at radius 1 is 1.11 bits per heavy atom. The van der Waals surface area contributed by atoms with Crippen LogP contribution in [0.1, 0.15) is 61.2 Å². The first kappa shape index (κ1) is 22.2. The number of hydrogen-bond donors (Lipinski definition) is 1. The summed E-state index contributed by atoms with van der Waals surface area (Å²) in [4.78, 5) is 31.3. The van der Waals surface area contributed by atoms with Crippen LogP contribution in [0.2, 0.25) is 0 Å². The summed E-state index contributed by atoms with van der Waals surface area (Å²) in [5.74, 6) is 0.758. The van der Waals surface area contributed by atoms with E-state index in [1.54, 1.807) is 0 Å². The number of rotatable bonds is 9. The van der Waals surface area contributed by atoms with Gasteiger partial charge in [0.15, 0.2) is 0 Å². The van der Waals surface area contributed by atoms with Crippen LogP contribution >= 0.6 is 0 Å². The Kier molecular flexibility index (Phi) is 9.03. The van der Waals surface area contributed by atoms with Crippen LogP contribution in [-0.2, 0) is 9.59 Å². The minimum atomic E-state index is 0. The normalized spacial score (nSPS) is 23.0. The number of amides is 2. The van der Waals surface area contributed by atoms with Crippen LogP contribution < -0.4 is 5.32 Å². The third-order valence-electron chi connectivity index (χ3n) is 5.86. The van der Waals surface area contributed by atoms with Crippen molar-refractivity contribution in [2.24, 2.45) is 5.92 Å². The van der Waals surface area contributed by atoms with Crippen LogP contribution in [0.15, 0.2) is 0 Å². The van der Waals surface area contributed by atoms with Crippen LogP contribution in [0.3, 0.4) is 0 Å². The highest BCUT2D eigenvalue weighted by atomic mass is 16.2. The van der Waals surface area contributed by atoms with Crippen molar-refractivity contribution in [2.45, 2.75) is 71.9 Å². The lowest BCUT2D eigenvalue weighted by Crippen LogP contribution is -2.53. The molecule has 0 aromatic carbocycles. The van der Waals surface area contributed by atoms with E-state index in [1.165, 1.54) is 19.3 Å². The average molecular weight is 383 g/mol. The van der Waals surface area contributed by atoms with E-state index in [9.17, 15) is 9.59 Å². The quantitative estimate of drug-likeness (QED) is 0.664. The maximum absolute atomic E-state index is 12.7. The minimum Gasteiger partial charge on any atom is -0.352 e. The second-order valence-electron chi connectivity index (χ2n) is 8.79. The summed E-state index contributed by atoms with van der Waals surface area (Å²) in [6, 6.07) is 0.816. The molecule has 2 aliphatic heterocycles. The molecule has 2 unspecified atom stereocenters. The molecule has 1 N–H and O–H groups in total. The SMILES string of the molecule is CCCCC(C)N1CCN(C(=O)CN2CCC(NC(=O)CC(C)C)C2)CC1.[HH]. The number of likely N-dealkylation sites (tertiary alicyclic amines) is 1. The number of nitrogens with zero attached hydrogens (tertiary/aromatic N) is 3. The number of carbonyl (C=O) groups is 2. The molecule has 158 valence electrons. The van der Waals surface area contributed by atoms with Gasteiger partial charge in [-0.1, -0.05) is 33.6 Å². The van der Waals surface area contributed by atoms with Crippen molar-refractivity contribution in [3.05, 3.63) is 0 Å². The van der Waals surface area contributed by atoms with Gasteiger partial charge in [-0.15, -0.1) is 0 Å². The maximum Gasteiger partial charge on any atom is 0.236 e. The Balaban J connectivity index is 0.00000392. The first-order chi connectivity index (χ1) is 12.9. The van der Waals surface area contributed by atoms with E-state index < -0.39 is 0 Å². The monoisotopic (exact) mass is 382 g/mol. The molecule has 2 rings (SSSR count). The molecule has 2 saturated heterocycles. The Hall–Kier alpha value is -1.14. The second kappa shape index (κ2) is 11.0. The highest BCUT2D eigenvalue weighted by Gasteiger charge is 2.28. The Morgan fingerprint density at radius 3 is 2.44 bits per heavy atom.